The summed E-state index contributed by atoms with van der Waals surface area (Å²) in [6.45, 7) is 3.43. The molecule has 146 valence electrons. The van der Waals surface area contributed by atoms with Crippen LogP contribution in [-0.4, -0.2) is 23.5 Å². The standard InChI is InChI=1S/C22H19N3O3S/c1-3-15-4-8-17(9-5-15)21-24-14(2)20(29-21)22(27)28-13-19(26)25-18-10-6-16(12-23)7-11-18/h4-11H,3,13H2,1-2H3,(H,25,26). The summed E-state index contributed by atoms with van der Waals surface area (Å²) in [6, 6.07) is 16.5. The van der Waals surface area contributed by atoms with Crippen molar-refractivity contribution in [1.82, 2.24) is 4.98 Å². The van der Waals surface area contributed by atoms with Gasteiger partial charge in [-0.05, 0) is 43.2 Å². The van der Waals surface area contributed by atoms with Crippen LogP contribution >= 0.6 is 11.3 Å². The van der Waals surface area contributed by atoms with Crippen molar-refractivity contribution in [2.24, 2.45) is 0 Å². The summed E-state index contributed by atoms with van der Waals surface area (Å²) >= 11 is 1.25. The number of benzene rings is 2. The lowest BCUT2D eigenvalue weighted by Crippen LogP contribution is -2.20. The first kappa shape index (κ1) is 20.2. The number of hydrogen-bond acceptors (Lipinski definition) is 6. The maximum atomic E-state index is 12.4. The van der Waals surface area contributed by atoms with Crippen molar-refractivity contribution >= 4 is 28.9 Å². The molecular formula is C22H19N3O3S. The third-order valence-corrected chi connectivity index (χ3v) is 5.41. The van der Waals surface area contributed by atoms with Gasteiger partial charge in [-0.15, -0.1) is 11.3 Å². The van der Waals surface area contributed by atoms with Crippen LogP contribution in [0.3, 0.4) is 0 Å². The molecule has 1 amide bonds. The SMILES string of the molecule is CCc1ccc(-c2nc(C)c(C(=O)OCC(=O)Nc3ccc(C#N)cc3)s2)cc1. The zero-order valence-electron chi connectivity index (χ0n) is 16.1. The van der Waals surface area contributed by atoms with E-state index in [4.69, 9.17) is 10.00 Å². The molecule has 1 heterocycles. The smallest absolute Gasteiger partial charge is 0.350 e. The number of esters is 1. The van der Waals surface area contributed by atoms with Crippen LogP contribution in [0.15, 0.2) is 48.5 Å². The minimum absolute atomic E-state index is 0.380. The first-order valence-corrected chi connectivity index (χ1v) is 9.85. The number of ether oxygens (including phenoxy) is 1. The number of aryl methyl sites for hydroxylation is 2. The number of anilines is 1. The fourth-order valence-electron chi connectivity index (χ4n) is 2.61. The van der Waals surface area contributed by atoms with Crippen LogP contribution in [0.5, 0.6) is 0 Å². The van der Waals surface area contributed by atoms with E-state index in [0.29, 0.717) is 21.8 Å². The molecule has 0 radical (unpaired) electrons. The Morgan fingerprint density at radius 2 is 1.83 bits per heavy atom. The molecule has 0 saturated heterocycles. The predicted octanol–water partition coefficient (Wildman–Crippen LogP) is 4.35. The van der Waals surface area contributed by atoms with Gasteiger partial charge in [0, 0.05) is 11.3 Å². The number of amides is 1. The molecule has 3 aromatic rings. The van der Waals surface area contributed by atoms with Gasteiger partial charge in [0.2, 0.25) is 0 Å². The molecule has 0 saturated carbocycles. The van der Waals surface area contributed by atoms with Gasteiger partial charge < -0.3 is 10.1 Å². The molecule has 0 spiro atoms. The number of carbonyl (C=O) groups is 2. The number of hydrogen-bond donors (Lipinski definition) is 1. The Bertz CT molecular complexity index is 1060. The lowest BCUT2D eigenvalue weighted by Gasteiger charge is -2.06. The molecule has 6 nitrogen and oxygen atoms in total. The van der Waals surface area contributed by atoms with Crippen molar-refractivity contribution in [3.63, 3.8) is 0 Å². The van der Waals surface area contributed by atoms with Gasteiger partial charge in [0.25, 0.3) is 5.91 Å². The van der Waals surface area contributed by atoms with Crippen LogP contribution in [0.4, 0.5) is 5.69 Å². The van der Waals surface area contributed by atoms with Crippen LogP contribution in [0.1, 0.15) is 33.4 Å². The zero-order valence-corrected chi connectivity index (χ0v) is 16.9. The van der Waals surface area contributed by atoms with E-state index in [-0.39, 0.29) is 0 Å². The molecule has 0 aliphatic carbocycles. The van der Waals surface area contributed by atoms with E-state index in [0.717, 1.165) is 17.0 Å². The van der Waals surface area contributed by atoms with E-state index in [9.17, 15) is 9.59 Å². The highest BCUT2D eigenvalue weighted by molar-refractivity contribution is 7.17. The Labute approximate surface area is 172 Å². The highest BCUT2D eigenvalue weighted by atomic mass is 32.1. The summed E-state index contributed by atoms with van der Waals surface area (Å²) < 4.78 is 5.14. The van der Waals surface area contributed by atoms with Gasteiger partial charge >= 0.3 is 5.97 Å². The van der Waals surface area contributed by atoms with Gasteiger partial charge in [0.05, 0.1) is 17.3 Å². The molecule has 0 bridgehead atoms. The minimum Gasteiger partial charge on any atom is -0.451 e. The van der Waals surface area contributed by atoms with E-state index in [1.807, 2.05) is 30.3 Å². The summed E-state index contributed by atoms with van der Waals surface area (Å²) in [4.78, 5) is 29.2. The number of carbonyl (C=O) groups excluding carboxylic acids is 2. The van der Waals surface area contributed by atoms with Gasteiger partial charge in [-0.1, -0.05) is 31.2 Å². The van der Waals surface area contributed by atoms with Crippen LogP contribution in [-0.2, 0) is 16.0 Å². The van der Waals surface area contributed by atoms with Crippen molar-refractivity contribution in [1.29, 1.82) is 5.26 Å². The molecule has 0 aliphatic rings. The first-order chi connectivity index (χ1) is 14.0. The van der Waals surface area contributed by atoms with Gasteiger partial charge in [-0.25, -0.2) is 9.78 Å². The molecule has 2 aromatic carbocycles. The van der Waals surface area contributed by atoms with Crippen LogP contribution in [0.2, 0.25) is 0 Å². The molecule has 0 fully saturated rings. The van der Waals surface area contributed by atoms with Gasteiger partial charge in [-0.3, -0.25) is 4.79 Å². The van der Waals surface area contributed by atoms with Gasteiger partial charge in [0.15, 0.2) is 6.61 Å². The first-order valence-electron chi connectivity index (χ1n) is 9.04. The van der Waals surface area contributed by atoms with E-state index in [1.54, 1.807) is 31.2 Å². The monoisotopic (exact) mass is 405 g/mol. The summed E-state index contributed by atoms with van der Waals surface area (Å²) in [6.07, 6.45) is 0.958. The maximum absolute atomic E-state index is 12.4. The Balaban J connectivity index is 1.60. The van der Waals surface area contributed by atoms with E-state index in [2.05, 4.69) is 17.2 Å². The molecule has 0 atom stereocenters. The maximum Gasteiger partial charge on any atom is 0.350 e. The largest absolute Gasteiger partial charge is 0.451 e. The highest BCUT2D eigenvalue weighted by Gasteiger charge is 2.18. The molecule has 3 rings (SSSR count). The van der Waals surface area contributed by atoms with Crippen molar-refractivity contribution in [2.45, 2.75) is 20.3 Å². The van der Waals surface area contributed by atoms with E-state index < -0.39 is 18.5 Å². The van der Waals surface area contributed by atoms with Crippen molar-refractivity contribution in [2.75, 3.05) is 11.9 Å². The second kappa shape index (κ2) is 9.13. The normalized spacial score (nSPS) is 10.2. The van der Waals surface area contributed by atoms with Crippen LogP contribution < -0.4 is 5.32 Å². The summed E-state index contributed by atoms with van der Waals surface area (Å²) in [5.74, 6) is -1.04. The molecule has 7 heteroatoms. The zero-order chi connectivity index (χ0) is 20.8. The Morgan fingerprint density at radius 1 is 1.14 bits per heavy atom. The topological polar surface area (TPSA) is 92.1 Å². The number of nitrogens with one attached hydrogen (secondary N) is 1. The lowest BCUT2D eigenvalue weighted by molar-refractivity contribution is -0.119. The highest BCUT2D eigenvalue weighted by Crippen LogP contribution is 2.28. The number of thiazole rings is 1. The average molecular weight is 405 g/mol. The third kappa shape index (κ3) is 5.06. The third-order valence-electron chi connectivity index (χ3n) is 4.22. The molecule has 1 N–H and O–H groups in total. The predicted molar refractivity (Wildman–Crippen MR) is 112 cm³/mol. The fourth-order valence-corrected chi connectivity index (χ4v) is 3.58. The average Bonchev–Trinajstić information content (AvgIpc) is 3.14. The van der Waals surface area contributed by atoms with E-state index in [1.165, 1.54) is 16.9 Å². The summed E-state index contributed by atoms with van der Waals surface area (Å²) in [5, 5.41) is 12.1. The molecule has 1 aromatic heterocycles. The fraction of sp³-hybridized carbons (Fsp3) is 0.182. The molecule has 29 heavy (non-hydrogen) atoms. The summed E-state index contributed by atoms with van der Waals surface area (Å²) in [7, 11) is 0. The van der Waals surface area contributed by atoms with E-state index >= 15 is 0 Å². The number of aromatic nitrogens is 1. The molecule has 0 aliphatic heterocycles. The summed E-state index contributed by atoms with van der Waals surface area (Å²) in [5.41, 5.74) is 3.76. The van der Waals surface area contributed by atoms with Crippen molar-refractivity contribution < 1.29 is 14.3 Å². The number of rotatable bonds is 6. The van der Waals surface area contributed by atoms with Gasteiger partial charge in [0.1, 0.15) is 9.88 Å². The Kier molecular flexibility index (Phi) is 6.37. The van der Waals surface area contributed by atoms with Gasteiger partial charge in [-0.2, -0.15) is 5.26 Å². The van der Waals surface area contributed by atoms with Crippen molar-refractivity contribution in [3.05, 3.63) is 70.2 Å². The minimum atomic E-state index is -0.577. The van der Waals surface area contributed by atoms with Crippen LogP contribution in [0.25, 0.3) is 10.6 Å². The quantitative estimate of drug-likeness (QED) is 0.616. The second-order valence-electron chi connectivity index (χ2n) is 6.30. The lowest BCUT2D eigenvalue weighted by atomic mass is 10.1. The van der Waals surface area contributed by atoms with Crippen molar-refractivity contribution in [3.8, 4) is 16.6 Å². The van der Waals surface area contributed by atoms with Crippen LogP contribution in [0, 0.1) is 18.3 Å². The molecule has 0 unspecified atom stereocenters. The molecular weight excluding hydrogens is 386 g/mol. The number of nitrogens with zero attached hydrogens (tertiary/aromatic N) is 2. The second-order valence-corrected chi connectivity index (χ2v) is 7.30. The Hall–Kier alpha value is -3.50. The Morgan fingerprint density at radius 3 is 2.45 bits per heavy atom. The number of nitriles is 1.